The van der Waals surface area contributed by atoms with Gasteiger partial charge in [-0.05, 0) is 65.2 Å². The van der Waals surface area contributed by atoms with Crippen LogP contribution in [-0.2, 0) is 30.3 Å². The van der Waals surface area contributed by atoms with E-state index in [9.17, 15) is 19.2 Å². The van der Waals surface area contributed by atoms with E-state index in [4.69, 9.17) is 9.47 Å². The summed E-state index contributed by atoms with van der Waals surface area (Å²) in [5.41, 5.74) is 0.633. The van der Waals surface area contributed by atoms with Crippen LogP contribution < -0.4 is 10.6 Å². The molecule has 10 heteroatoms. The molecule has 0 fully saturated rings. The van der Waals surface area contributed by atoms with Crippen LogP contribution in [0.4, 0.5) is 4.79 Å². The number of thiol groups is 1. The van der Waals surface area contributed by atoms with Gasteiger partial charge in [0.25, 0.3) is 0 Å². The molecular weight excluding hydrogens is 542 g/mol. The minimum Gasteiger partial charge on any atom is -0.458 e. The average Bonchev–Trinajstić information content (AvgIpc) is 2.86. The predicted octanol–water partition coefficient (Wildman–Crippen LogP) is 4.39. The van der Waals surface area contributed by atoms with Crippen molar-refractivity contribution in [2.75, 3.05) is 12.8 Å². The molecule has 0 heterocycles. The topological polar surface area (TPSA) is 114 Å². The SMILES string of the molecule is Cc1ccccc1C(C(=O)NC(Cc1ccccc1)C(=O)OC(C)(C)C)N(C)C(=O)C(CS)NC(=O)OC(C)(C)C. The lowest BCUT2D eigenvalue weighted by Crippen LogP contribution is -2.54. The van der Waals surface area contributed by atoms with Gasteiger partial charge in [-0.25, -0.2) is 9.59 Å². The highest BCUT2D eigenvalue weighted by Gasteiger charge is 2.36. The summed E-state index contributed by atoms with van der Waals surface area (Å²) < 4.78 is 10.9. The molecule has 3 unspecified atom stereocenters. The molecule has 2 aromatic carbocycles. The second-order valence-corrected chi connectivity index (χ2v) is 12.2. The second kappa shape index (κ2) is 14.4. The molecule has 0 aliphatic rings. The number of nitrogens with zero attached hydrogens (tertiary/aromatic N) is 1. The molecule has 41 heavy (non-hydrogen) atoms. The van der Waals surface area contributed by atoms with Gasteiger partial charge in [-0.3, -0.25) is 9.59 Å². The van der Waals surface area contributed by atoms with Crippen molar-refractivity contribution in [3.05, 3.63) is 71.3 Å². The number of esters is 1. The Morgan fingerprint density at radius 3 is 1.93 bits per heavy atom. The summed E-state index contributed by atoms with van der Waals surface area (Å²) >= 11 is 4.26. The van der Waals surface area contributed by atoms with Gasteiger partial charge >= 0.3 is 12.1 Å². The Labute approximate surface area is 248 Å². The van der Waals surface area contributed by atoms with E-state index in [1.807, 2.05) is 49.4 Å². The van der Waals surface area contributed by atoms with E-state index in [-0.39, 0.29) is 12.2 Å². The van der Waals surface area contributed by atoms with Crippen LogP contribution in [0.5, 0.6) is 0 Å². The minimum atomic E-state index is -1.12. The average molecular weight is 586 g/mol. The number of alkyl carbamates (subject to hydrolysis) is 1. The number of ether oxygens (including phenoxy) is 2. The molecule has 0 saturated carbocycles. The van der Waals surface area contributed by atoms with Crippen molar-refractivity contribution in [1.29, 1.82) is 0 Å². The number of carbonyl (C=O) groups is 4. The Morgan fingerprint density at radius 1 is 0.829 bits per heavy atom. The number of carbonyl (C=O) groups excluding carboxylic acids is 4. The number of nitrogens with one attached hydrogen (secondary N) is 2. The first-order chi connectivity index (χ1) is 19.0. The van der Waals surface area contributed by atoms with E-state index in [2.05, 4.69) is 23.3 Å². The van der Waals surface area contributed by atoms with Crippen molar-refractivity contribution in [2.45, 2.75) is 84.2 Å². The normalized spacial score (nSPS) is 13.8. The van der Waals surface area contributed by atoms with E-state index in [0.29, 0.717) is 5.56 Å². The molecule has 3 amide bonds. The molecule has 2 aromatic rings. The Bertz CT molecular complexity index is 1210. The number of likely N-dealkylation sites (N-methyl/N-ethyl adjacent to an activating group) is 1. The largest absolute Gasteiger partial charge is 0.458 e. The maximum absolute atomic E-state index is 14.0. The molecule has 0 aromatic heterocycles. The van der Waals surface area contributed by atoms with Crippen LogP contribution in [0.1, 0.15) is 64.3 Å². The predicted molar refractivity (Wildman–Crippen MR) is 162 cm³/mol. The molecule has 0 spiro atoms. The smallest absolute Gasteiger partial charge is 0.408 e. The molecule has 224 valence electrons. The fourth-order valence-corrected chi connectivity index (χ4v) is 4.34. The van der Waals surface area contributed by atoms with Crippen molar-refractivity contribution in [3.63, 3.8) is 0 Å². The van der Waals surface area contributed by atoms with Gasteiger partial charge in [0.15, 0.2) is 0 Å². The summed E-state index contributed by atoms with van der Waals surface area (Å²) in [7, 11) is 1.48. The first-order valence-electron chi connectivity index (χ1n) is 13.5. The first-order valence-corrected chi connectivity index (χ1v) is 14.2. The Kier molecular flexibility index (Phi) is 11.8. The molecule has 9 nitrogen and oxygen atoms in total. The lowest BCUT2D eigenvalue weighted by Gasteiger charge is -2.33. The first kappa shape index (κ1) is 33.7. The maximum Gasteiger partial charge on any atom is 0.408 e. The number of hydrogen-bond acceptors (Lipinski definition) is 7. The molecule has 0 bridgehead atoms. The standard InChI is InChI=1S/C31H43N3O6S/c1-20-14-12-13-17-22(20)25(34(8)27(36)24(19-41)33-29(38)40-31(5,6)7)26(35)32-23(28(37)39-30(2,3)4)18-21-15-10-9-11-16-21/h9-17,23-25,41H,18-19H2,1-8H3,(H,32,35)(H,33,38). The third-order valence-electron chi connectivity index (χ3n) is 5.93. The van der Waals surface area contributed by atoms with Gasteiger partial charge in [-0.2, -0.15) is 12.6 Å². The fourth-order valence-electron chi connectivity index (χ4n) is 4.09. The molecule has 0 aliphatic heterocycles. The third-order valence-corrected chi connectivity index (χ3v) is 6.29. The monoisotopic (exact) mass is 585 g/mol. The quantitative estimate of drug-likeness (QED) is 0.282. The lowest BCUT2D eigenvalue weighted by atomic mass is 9.97. The molecular formula is C31H43N3O6S. The highest BCUT2D eigenvalue weighted by atomic mass is 32.1. The van der Waals surface area contributed by atoms with Crippen LogP contribution in [0.2, 0.25) is 0 Å². The second-order valence-electron chi connectivity index (χ2n) is 11.9. The van der Waals surface area contributed by atoms with Crippen molar-refractivity contribution >= 4 is 36.5 Å². The number of aryl methyl sites for hydroxylation is 1. The fraction of sp³-hybridized carbons (Fsp3) is 0.484. The number of rotatable bonds is 10. The van der Waals surface area contributed by atoms with Gasteiger partial charge in [0.1, 0.15) is 29.3 Å². The number of amides is 3. The van der Waals surface area contributed by atoms with Gasteiger partial charge < -0.3 is 25.0 Å². The molecule has 0 aliphatic carbocycles. The summed E-state index contributed by atoms with van der Waals surface area (Å²) in [4.78, 5) is 54.5. The molecule has 0 radical (unpaired) electrons. The third kappa shape index (κ3) is 10.8. The van der Waals surface area contributed by atoms with Crippen LogP contribution in [0.25, 0.3) is 0 Å². The maximum atomic E-state index is 14.0. The van der Waals surface area contributed by atoms with Crippen LogP contribution >= 0.6 is 12.6 Å². The lowest BCUT2D eigenvalue weighted by molar-refractivity contribution is -0.159. The highest BCUT2D eigenvalue weighted by molar-refractivity contribution is 7.80. The van der Waals surface area contributed by atoms with Gasteiger partial charge in [-0.1, -0.05) is 54.6 Å². The van der Waals surface area contributed by atoms with Crippen LogP contribution in [0, 0.1) is 6.92 Å². The number of benzene rings is 2. The van der Waals surface area contributed by atoms with Crippen molar-refractivity contribution < 1.29 is 28.7 Å². The molecule has 2 rings (SSSR count). The van der Waals surface area contributed by atoms with Crippen LogP contribution in [-0.4, -0.2) is 64.9 Å². The van der Waals surface area contributed by atoms with Gasteiger partial charge in [0.05, 0.1) is 0 Å². The van der Waals surface area contributed by atoms with E-state index in [1.54, 1.807) is 53.7 Å². The number of hydrogen-bond donors (Lipinski definition) is 3. The summed E-state index contributed by atoms with van der Waals surface area (Å²) in [5.74, 6) is -1.74. The van der Waals surface area contributed by atoms with Crippen LogP contribution in [0.15, 0.2) is 54.6 Å². The zero-order valence-electron chi connectivity index (χ0n) is 25.2. The van der Waals surface area contributed by atoms with Gasteiger partial charge in [0.2, 0.25) is 11.8 Å². The van der Waals surface area contributed by atoms with E-state index < -0.39 is 53.2 Å². The van der Waals surface area contributed by atoms with Crippen LogP contribution in [0.3, 0.4) is 0 Å². The van der Waals surface area contributed by atoms with Crippen molar-refractivity contribution in [2.24, 2.45) is 0 Å². The summed E-state index contributed by atoms with van der Waals surface area (Å²) in [6.07, 6.45) is -0.581. The van der Waals surface area contributed by atoms with Gasteiger partial charge in [-0.15, -0.1) is 0 Å². The van der Waals surface area contributed by atoms with Gasteiger partial charge in [0, 0.05) is 19.2 Å². The molecule has 3 atom stereocenters. The Morgan fingerprint density at radius 2 is 1.39 bits per heavy atom. The van der Waals surface area contributed by atoms with E-state index in [1.165, 1.54) is 11.9 Å². The van der Waals surface area contributed by atoms with Crippen molar-refractivity contribution in [3.8, 4) is 0 Å². The summed E-state index contributed by atoms with van der Waals surface area (Å²) in [6, 6.07) is 13.3. The van der Waals surface area contributed by atoms with Crippen molar-refractivity contribution in [1.82, 2.24) is 15.5 Å². The Hall–Kier alpha value is -3.53. The zero-order valence-corrected chi connectivity index (χ0v) is 26.1. The summed E-state index contributed by atoms with van der Waals surface area (Å²) in [5, 5.41) is 5.39. The molecule has 0 saturated heterocycles. The minimum absolute atomic E-state index is 0.0287. The summed E-state index contributed by atoms with van der Waals surface area (Å²) in [6.45, 7) is 12.2. The zero-order chi connectivity index (χ0) is 31.0. The van der Waals surface area contributed by atoms with E-state index >= 15 is 0 Å². The highest BCUT2D eigenvalue weighted by Crippen LogP contribution is 2.25. The van der Waals surface area contributed by atoms with E-state index in [0.717, 1.165) is 11.1 Å². The molecule has 2 N–H and O–H groups in total. The Balaban J connectivity index is 2.42.